The van der Waals surface area contributed by atoms with Crippen molar-refractivity contribution in [2.45, 2.75) is 12.5 Å². The van der Waals surface area contributed by atoms with E-state index in [1.807, 2.05) is 0 Å². The van der Waals surface area contributed by atoms with E-state index in [-0.39, 0.29) is 0 Å². The predicted octanol–water partition coefficient (Wildman–Crippen LogP) is 0.419. The Morgan fingerprint density at radius 3 is 3.00 bits per heavy atom. The van der Waals surface area contributed by atoms with Crippen molar-refractivity contribution in [1.29, 1.82) is 0 Å². The summed E-state index contributed by atoms with van der Waals surface area (Å²) in [6, 6.07) is 0.508. The molecule has 10 heavy (non-hydrogen) atoms. The lowest BCUT2D eigenvalue weighted by Gasteiger charge is -2.13. The largest absolute Gasteiger partial charge is 0.329 e. The average Bonchev–Trinajstić information content (AvgIpc) is 2.03. The van der Waals surface area contributed by atoms with Gasteiger partial charge in [-0.05, 0) is 6.42 Å². The van der Waals surface area contributed by atoms with Crippen LogP contribution in [0.15, 0.2) is 24.3 Å². The van der Waals surface area contributed by atoms with E-state index in [2.05, 4.69) is 29.6 Å². The van der Waals surface area contributed by atoms with Crippen LogP contribution in [-0.2, 0) is 0 Å². The van der Waals surface area contributed by atoms with Crippen molar-refractivity contribution in [1.82, 2.24) is 5.32 Å². The summed E-state index contributed by atoms with van der Waals surface area (Å²) in [5, 5.41) is 3.31. The highest BCUT2D eigenvalue weighted by Gasteiger charge is 2.01. The molecule has 0 saturated heterocycles. The molecule has 0 heterocycles. The third-order valence-electron chi connectivity index (χ3n) is 1.53. The number of nitrogens with two attached hydrogens (primary N) is 1. The van der Waals surface area contributed by atoms with Crippen LogP contribution < -0.4 is 11.1 Å². The molecule has 0 aliphatic heterocycles. The number of hydrogen-bond acceptors (Lipinski definition) is 2. The highest BCUT2D eigenvalue weighted by molar-refractivity contribution is 5.13. The van der Waals surface area contributed by atoms with Crippen LogP contribution >= 0.6 is 0 Å². The standard InChI is InChI=1S/C8H14N2/c9-6-7-10-8-4-2-1-3-5-8/h1-4,8,10H,5-7,9H2. The van der Waals surface area contributed by atoms with Gasteiger partial charge in [-0.3, -0.25) is 0 Å². The van der Waals surface area contributed by atoms with Crippen LogP contribution in [0.5, 0.6) is 0 Å². The van der Waals surface area contributed by atoms with E-state index >= 15 is 0 Å². The van der Waals surface area contributed by atoms with Crippen LogP contribution in [0.3, 0.4) is 0 Å². The Morgan fingerprint density at radius 1 is 1.50 bits per heavy atom. The van der Waals surface area contributed by atoms with Gasteiger partial charge in [0.15, 0.2) is 0 Å². The number of nitrogens with one attached hydrogen (secondary N) is 1. The number of allylic oxidation sites excluding steroid dienone is 2. The van der Waals surface area contributed by atoms with E-state index in [9.17, 15) is 0 Å². The van der Waals surface area contributed by atoms with Crippen molar-refractivity contribution in [2.75, 3.05) is 13.1 Å². The number of rotatable bonds is 3. The molecule has 0 aromatic carbocycles. The molecule has 0 amide bonds. The van der Waals surface area contributed by atoms with E-state index in [1.54, 1.807) is 0 Å². The maximum Gasteiger partial charge on any atom is 0.0288 e. The van der Waals surface area contributed by atoms with Crippen LogP contribution in [0.1, 0.15) is 6.42 Å². The maximum absolute atomic E-state index is 5.34. The molecule has 3 N–H and O–H groups in total. The molecule has 2 heteroatoms. The molecule has 56 valence electrons. The minimum atomic E-state index is 0.508. The van der Waals surface area contributed by atoms with Crippen molar-refractivity contribution in [2.24, 2.45) is 5.73 Å². The van der Waals surface area contributed by atoms with Gasteiger partial charge in [-0.25, -0.2) is 0 Å². The van der Waals surface area contributed by atoms with E-state index < -0.39 is 0 Å². The van der Waals surface area contributed by atoms with Gasteiger partial charge in [-0.2, -0.15) is 0 Å². The van der Waals surface area contributed by atoms with Crippen molar-refractivity contribution in [3.8, 4) is 0 Å². The van der Waals surface area contributed by atoms with Crippen molar-refractivity contribution < 1.29 is 0 Å². The summed E-state index contributed by atoms with van der Waals surface area (Å²) >= 11 is 0. The molecule has 1 atom stereocenters. The first kappa shape index (κ1) is 7.51. The summed E-state index contributed by atoms with van der Waals surface area (Å²) in [5.41, 5.74) is 5.34. The number of hydrogen-bond donors (Lipinski definition) is 2. The van der Waals surface area contributed by atoms with Gasteiger partial charge < -0.3 is 11.1 Å². The van der Waals surface area contributed by atoms with Gasteiger partial charge in [-0.1, -0.05) is 24.3 Å². The zero-order valence-electron chi connectivity index (χ0n) is 6.09. The highest BCUT2D eigenvalue weighted by Crippen LogP contribution is 2.01. The lowest BCUT2D eigenvalue weighted by molar-refractivity contribution is 0.601. The second-order valence-electron chi connectivity index (χ2n) is 2.40. The fourth-order valence-corrected chi connectivity index (χ4v) is 1.00. The molecule has 0 bridgehead atoms. The molecule has 1 unspecified atom stereocenters. The normalized spacial score (nSPS) is 23.5. The average molecular weight is 138 g/mol. The van der Waals surface area contributed by atoms with E-state index in [0.29, 0.717) is 12.6 Å². The summed E-state index contributed by atoms with van der Waals surface area (Å²) in [7, 11) is 0. The molecule has 2 nitrogen and oxygen atoms in total. The van der Waals surface area contributed by atoms with E-state index in [0.717, 1.165) is 13.0 Å². The zero-order valence-corrected chi connectivity index (χ0v) is 6.09. The van der Waals surface area contributed by atoms with Crippen LogP contribution in [0.4, 0.5) is 0 Å². The van der Waals surface area contributed by atoms with Crippen molar-refractivity contribution >= 4 is 0 Å². The fraction of sp³-hybridized carbons (Fsp3) is 0.500. The zero-order chi connectivity index (χ0) is 7.23. The monoisotopic (exact) mass is 138 g/mol. The van der Waals surface area contributed by atoms with Gasteiger partial charge in [0.2, 0.25) is 0 Å². The van der Waals surface area contributed by atoms with Gasteiger partial charge >= 0.3 is 0 Å². The maximum atomic E-state index is 5.34. The van der Waals surface area contributed by atoms with Crippen LogP contribution in [0, 0.1) is 0 Å². The third-order valence-corrected chi connectivity index (χ3v) is 1.53. The quantitative estimate of drug-likeness (QED) is 0.593. The molecular weight excluding hydrogens is 124 g/mol. The summed E-state index contributed by atoms with van der Waals surface area (Å²) in [6.07, 6.45) is 9.55. The second-order valence-corrected chi connectivity index (χ2v) is 2.40. The molecule has 0 saturated carbocycles. The summed E-state index contributed by atoms with van der Waals surface area (Å²) in [5.74, 6) is 0. The summed E-state index contributed by atoms with van der Waals surface area (Å²) in [4.78, 5) is 0. The smallest absolute Gasteiger partial charge is 0.0288 e. The SMILES string of the molecule is NCCNC1C=CC=CC1. The third kappa shape index (κ3) is 2.33. The summed E-state index contributed by atoms with van der Waals surface area (Å²) in [6.45, 7) is 1.62. The molecular formula is C8H14N2. The van der Waals surface area contributed by atoms with E-state index in [1.165, 1.54) is 0 Å². The predicted molar refractivity (Wildman–Crippen MR) is 43.7 cm³/mol. The Bertz CT molecular complexity index is 138. The van der Waals surface area contributed by atoms with Gasteiger partial charge in [0, 0.05) is 19.1 Å². The van der Waals surface area contributed by atoms with Gasteiger partial charge in [0.25, 0.3) is 0 Å². The fourth-order valence-electron chi connectivity index (χ4n) is 1.00. The van der Waals surface area contributed by atoms with Gasteiger partial charge in [0.1, 0.15) is 0 Å². The topological polar surface area (TPSA) is 38.0 Å². The Hall–Kier alpha value is -0.600. The Balaban J connectivity index is 2.17. The molecule has 0 aromatic heterocycles. The first-order chi connectivity index (χ1) is 4.93. The summed E-state index contributed by atoms with van der Waals surface area (Å²) < 4.78 is 0. The molecule has 0 fully saturated rings. The van der Waals surface area contributed by atoms with Gasteiger partial charge in [0.05, 0.1) is 0 Å². The highest BCUT2D eigenvalue weighted by atomic mass is 14.9. The molecule has 0 radical (unpaired) electrons. The lowest BCUT2D eigenvalue weighted by Crippen LogP contribution is -2.31. The molecule has 0 spiro atoms. The Labute approximate surface area is 61.8 Å². The lowest BCUT2D eigenvalue weighted by atomic mass is 10.1. The Kier molecular flexibility index (Phi) is 3.19. The van der Waals surface area contributed by atoms with Crippen molar-refractivity contribution in [3.05, 3.63) is 24.3 Å². The first-order valence-electron chi connectivity index (χ1n) is 3.70. The molecule has 0 aromatic rings. The van der Waals surface area contributed by atoms with Crippen LogP contribution in [0.2, 0.25) is 0 Å². The van der Waals surface area contributed by atoms with Gasteiger partial charge in [-0.15, -0.1) is 0 Å². The first-order valence-corrected chi connectivity index (χ1v) is 3.70. The second kappa shape index (κ2) is 4.25. The Morgan fingerprint density at radius 2 is 2.40 bits per heavy atom. The van der Waals surface area contributed by atoms with Crippen molar-refractivity contribution in [3.63, 3.8) is 0 Å². The van der Waals surface area contributed by atoms with Crippen LogP contribution in [0.25, 0.3) is 0 Å². The van der Waals surface area contributed by atoms with E-state index in [4.69, 9.17) is 5.73 Å². The minimum absolute atomic E-state index is 0.508. The minimum Gasteiger partial charge on any atom is -0.329 e. The molecule has 1 rings (SSSR count). The molecule has 1 aliphatic rings. The molecule has 1 aliphatic carbocycles. The van der Waals surface area contributed by atoms with Crippen LogP contribution in [-0.4, -0.2) is 19.1 Å².